The van der Waals surface area contributed by atoms with E-state index in [4.69, 9.17) is 16.3 Å². The Kier molecular flexibility index (Phi) is 6.94. The zero-order chi connectivity index (χ0) is 15.1. The fourth-order valence-electron chi connectivity index (χ4n) is 2.84. The van der Waals surface area contributed by atoms with Gasteiger partial charge in [0, 0.05) is 17.7 Å². The van der Waals surface area contributed by atoms with Gasteiger partial charge >= 0.3 is 0 Å². The van der Waals surface area contributed by atoms with Crippen LogP contribution in [0.4, 0.5) is 4.39 Å². The summed E-state index contributed by atoms with van der Waals surface area (Å²) in [4.78, 5) is 0. The smallest absolute Gasteiger partial charge is 0.124 e. The highest BCUT2D eigenvalue weighted by Gasteiger charge is 2.13. The van der Waals surface area contributed by atoms with Gasteiger partial charge in [-0.25, -0.2) is 4.39 Å². The van der Waals surface area contributed by atoms with Gasteiger partial charge in [0.05, 0.1) is 6.10 Å². The van der Waals surface area contributed by atoms with Gasteiger partial charge in [-0.05, 0) is 50.4 Å². The molecule has 0 bridgehead atoms. The normalized spacial score (nSPS) is 17.9. The van der Waals surface area contributed by atoms with Crippen molar-refractivity contribution in [2.24, 2.45) is 0 Å². The SMILES string of the molecule is CC(NCCCOC1CCCCC1)c1ccc(F)cc1Cl. The number of benzene rings is 1. The second-order valence-corrected chi connectivity index (χ2v) is 6.23. The molecule has 1 aromatic carbocycles. The molecule has 118 valence electrons. The predicted molar refractivity (Wildman–Crippen MR) is 85.3 cm³/mol. The molecule has 2 rings (SSSR count). The molecule has 0 aromatic heterocycles. The zero-order valence-corrected chi connectivity index (χ0v) is 13.5. The van der Waals surface area contributed by atoms with Crippen molar-refractivity contribution in [3.05, 3.63) is 34.6 Å². The van der Waals surface area contributed by atoms with Crippen LogP contribution in [0.15, 0.2) is 18.2 Å². The lowest BCUT2D eigenvalue weighted by Crippen LogP contribution is -2.23. The van der Waals surface area contributed by atoms with Crippen LogP contribution in [0.5, 0.6) is 0 Å². The van der Waals surface area contributed by atoms with E-state index in [-0.39, 0.29) is 11.9 Å². The fraction of sp³-hybridized carbons (Fsp3) is 0.647. The average Bonchev–Trinajstić information content (AvgIpc) is 2.47. The minimum absolute atomic E-state index is 0.118. The fourth-order valence-corrected chi connectivity index (χ4v) is 3.17. The van der Waals surface area contributed by atoms with Crippen LogP contribution in [0, 0.1) is 5.82 Å². The third-order valence-electron chi connectivity index (χ3n) is 4.11. The second kappa shape index (κ2) is 8.72. The van der Waals surface area contributed by atoms with E-state index in [1.54, 1.807) is 6.07 Å². The maximum absolute atomic E-state index is 13.0. The molecular formula is C17H25ClFNO. The van der Waals surface area contributed by atoms with E-state index in [1.165, 1.54) is 44.2 Å². The number of hydrogen-bond donors (Lipinski definition) is 1. The summed E-state index contributed by atoms with van der Waals surface area (Å²) >= 11 is 6.06. The van der Waals surface area contributed by atoms with E-state index in [2.05, 4.69) is 5.32 Å². The lowest BCUT2D eigenvalue weighted by Gasteiger charge is -2.22. The lowest BCUT2D eigenvalue weighted by atomic mass is 9.98. The number of rotatable bonds is 7. The summed E-state index contributed by atoms with van der Waals surface area (Å²) in [6.07, 6.45) is 7.87. The van der Waals surface area contributed by atoms with Crippen LogP contribution in [0.2, 0.25) is 5.02 Å². The van der Waals surface area contributed by atoms with E-state index >= 15 is 0 Å². The van der Waals surface area contributed by atoms with Crippen molar-refractivity contribution in [3.63, 3.8) is 0 Å². The predicted octanol–water partition coefficient (Wildman–Crippen LogP) is 4.87. The minimum Gasteiger partial charge on any atom is -0.378 e. The van der Waals surface area contributed by atoms with Crippen molar-refractivity contribution in [2.75, 3.05) is 13.2 Å². The molecule has 2 nitrogen and oxygen atoms in total. The summed E-state index contributed by atoms with van der Waals surface area (Å²) in [7, 11) is 0. The Morgan fingerprint density at radius 2 is 2.10 bits per heavy atom. The van der Waals surface area contributed by atoms with E-state index in [1.807, 2.05) is 6.92 Å². The van der Waals surface area contributed by atoms with Gasteiger partial charge in [0.1, 0.15) is 5.82 Å². The number of halogens is 2. The third kappa shape index (κ3) is 5.57. The quantitative estimate of drug-likeness (QED) is 0.725. The van der Waals surface area contributed by atoms with Crippen LogP contribution in [0.1, 0.15) is 57.1 Å². The Hall–Kier alpha value is -0.640. The van der Waals surface area contributed by atoms with Crippen LogP contribution in [-0.4, -0.2) is 19.3 Å². The second-order valence-electron chi connectivity index (χ2n) is 5.83. The van der Waals surface area contributed by atoms with Crippen LogP contribution >= 0.6 is 11.6 Å². The Balaban J connectivity index is 1.63. The molecule has 1 fully saturated rings. The van der Waals surface area contributed by atoms with Crippen molar-refractivity contribution in [3.8, 4) is 0 Å². The van der Waals surface area contributed by atoms with Crippen molar-refractivity contribution in [2.45, 2.75) is 57.6 Å². The molecule has 1 atom stereocenters. The molecule has 1 aliphatic rings. The maximum Gasteiger partial charge on any atom is 0.124 e. The summed E-state index contributed by atoms with van der Waals surface area (Å²) in [5, 5.41) is 3.89. The molecule has 1 unspecified atom stereocenters. The first-order valence-electron chi connectivity index (χ1n) is 7.97. The van der Waals surface area contributed by atoms with Crippen molar-refractivity contribution in [1.29, 1.82) is 0 Å². The van der Waals surface area contributed by atoms with Crippen molar-refractivity contribution in [1.82, 2.24) is 5.32 Å². The molecule has 1 saturated carbocycles. The number of hydrogen-bond acceptors (Lipinski definition) is 2. The van der Waals surface area contributed by atoms with Crippen molar-refractivity contribution < 1.29 is 9.13 Å². The zero-order valence-electron chi connectivity index (χ0n) is 12.7. The molecule has 1 aromatic rings. The molecule has 0 amide bonds. The van der Waals surface area contributed by atoms with Gasteiger partial charge in [-0.3, -0.25) is 0 Å². The molecule has 4 heteroatoms. The summed E-state index contributed by atoms with van der Waals surface area (Å²) < 4.78 is 18.9. The number of nitrogens with one attached hydrogen (secondary N) is 1. The highest BCUT2D eigenvalue weighted by Crippen LogP contribution is 2.23. The van der Waals surface area contributed by atoms with Gasteiger partial charge in [0.15, 0.2) is 0 Å². The third-order valence-corrected chi connectivity index (χ3v) is 4.43. The molecule has 0 heterocycles. The Morgan fingerprint density at radius 3 is 2.81 bits per heavy atom. The largest absolute Gasteiger partial charge is 0.378 e. The monoisotopic (exact) mass is 313 g/mol. The molecule has 21 heavy (non-hydrogen) atoms. The summed E-state index contributed by atoms with van der Waals surface area (Å²) in [5.41, 5.74) is 0.936. The lowest BCUT2D eigenvalue weighted by molar-refractivity contribution is 0.0271. The Bertz CT molecular complexity index is 435. The number of ether oxygens (including phenoxy) is 1. The van der Waals surface area contributed by atoms with Gasteiger partial charge in [0.2, 0.25) is 0 Å². The molecule has 0 spiro atoms. The van der Waals surface area contributed by atoms with Gasteiger partial charge in [-0.15, -0.1) is 0 Å². The van der Waals surface area contributed by atoms with E-state index in [0.29, 0.717) is 11.1 Å². The average molecular weight is 314 g/mol. The van der Waals surface area contributed by atoms with Crippen LogP contribution in [0.3, 0.4) is 0 Å². The standard InChI is InChI=1S/C17H25ClFNO/c1-13(16-9-8-14(19)12-17(16)18)20-10-5-11-21-15-6-3-2-4-7-15/h8-9,12-13,15,20H,2-7,10-11H2,1H3. The first-order chi connectivity index (χ1) is 10.2. The van der Waals surface area contributed by atoms with Crippen LogP contribution < -0.4 is 5.32 Å². The van der Waals surface area contributed by atoms with E-state index in [9.17, 15) is 4.39 Å². The Morgan fingerprint density at radius 1 is 1.33 bits per heavy atom. The van der Waals surface area contributed by atoms with Gasteiger partial charge in [-0.1, -0.05) is 36.9 Å². The van der Waals surface area contributed by atoms with E-state index < -0.39 is 0 Å². The molecule has 0 aliphatic heterocycles. The molecule has 0 saturated heterocycles. The molecule has 1 N–H and O–H groups in total. The summed E-state index contributed by atoms with van der Waals surface area (Å²) in [6, 6.07) is 4.67. The minimum atomic E-state index is -0.295. The topological polar surface area (TPSA) is 21.3 Å². The van der Waals surface area contributed by atoms with Gasteiger partial charge < -0.3 is 10.1 Å². The molecule has 0 radical (unpaired) electrons. The highest BCUT2D eigenvalue weighted by atomic mass is 35.5. The first-order valence-corrected chi connectivity index (χ1v) is 8.34. The highest BCUT2D eigenvalue weighted by molar-refractivity contribution is 6.31. The summed E-state index contributed by atoms with van der Waals surface area (Å²) in [6.45, 7) is 3.73. The summed E-state index contributed by atoms with van der Waals surface area (Å²) in [5.74, 6) is -0.295. The van der Waals surface area contributed by atoms with Gasteiger partial charge in [0.25, 0.3) is 0 Å². The van der Waals surface area contributed by atoms with Crippen molar-refractivity contribution >= 4 is 11.6 Å². The van der Waals surface area contributed by atoms with Crippen LogP contribution in [0.25, 0.3) is 0 Å². The van der Waals surface area contributed by atoms with E-state index in [0.717, 1.165) is 25.1 Å². The molecule has 1 aliphatic carbocycles. The van der Waals surface area contributed by atoms with Gasteiger partial charge in [-0.2, -0.15) is 0 Å². The Labute approximate surface area is 132 Å². The maximum atomic E-state index is 13.0. The van der Waals surface area contributed by atoms with Crippen LogP contribution in [-0.2, 0) is 4.74 Å². The first kappa shape index (κ1) is 16.7. The molecular weight excluding hydrogens is 289 g/mol.